The average molecular weight is 174 g/mol. The Bertz CT molecular complexity index is 328. The summed E-state index contributed by atoms with van der Waals surface area (Å²) in [7, 11) is 0. The molecule has 1 aromatic carbocycles. The highest BCUT2D eigenvalue weighted by molar-refractivity contribution is 5.91. The Kier molecular flexibility index (Phi) is 3.02. The van der Waals surface area contributed by atoms with Gasteiger partial charge in [-0.05, 0) is 32.4 Å². The summed E-state index contributed by atoms with van der Waals surface area (Å²) in [6, 6.07) is 6.24. The van der Waals surface area contributed by atoms with Crippen molar-refractivity contribution < 1.29 is 4.79 Å². The zero-order valence-electron chi connectivity index (χ0n) is 8.29. The molecular formula is C12H14O. The quantitative estimate of drug-likeness (QED) is 0.630. The van der Waals surface area contributed by atoms with E-state index in [0.717, 1.165) is 5.56 Å². The van der Waals surface area contributed by atoms with Crippen molar-refractivity contribution in [2.75, 3.05) is 0 Å². The van der Waals surface area contributed by atoms with E-state index in [1.54, 1.807) is 13.0 Å². The second-order valence-electron chi connectivity index (χ2n) is 3.37. The van der Waals surface area contributed by atoms with E-state index in [4.69, 9.17) is 0 Å². The van der Waals surface area contributed by atoms with Gasteiger partial charge in [-0.25, -0.2) is 0 Å². The van der Waals surface area contributed by atoms with Crippen LogP contribution in [0.5, 0.6) is 0 Å². The van der Waals surface area contributed by atoms with Crippen LogP contribution in [-0.2, 0) is 4.79 Å². The highest BCUT2D eigenvalue weighted by Gasteiger charge is 1.91. The van der Waals surface area contributed by atoms with Crippen LogP contribution < -0.4 is 0 Å². The van der Waals surface area contributed by atoms with Crippen LogP contribution in [0, 0.1) is 13.8 Å². The Labute approximate surface area is 79.1 Å². The van der Waals surface area contributed by atoms with E-state index in [1.807, 2.05) is 6.08 Å². The summed E-state index contributed by atoms with van der Waals surface area (Å²) >= 11 is 0. The average Bonchev–Trinajstić information content (AvgIpc) is 1.99. The summed E-state index contributed by atoms with van der Waals surface area (Å²) in [5.74, 6) is 0.0826. The molecule has 1 heteroatoms. The first-order chi connectivity index (χ1) is 6.08. The van der Waals surface area contributed by atoms with E-state index < -0.39 is 0 Å². The number of allylic oxidation sites excluding steroid dienone is 1. The number of rotatable bonds is 2. The van der Waals surface area contributed by atoms with Gasteiger partial charge >= 0.3 is 0 Å². The van der Waals surface area contributed by atoms with Gasteiger partial charge in [0, 0.05) is 0 Å². The molecule has 1 rings (SSSR count). The number of aryl methyl sites for hydroxylation is 2. The lowest BCUT2D eigenvalue weighted by molar-refractivity contribution is -0.112. The van der Waals surface area contributed by atoms with Gasteiger partial charge in [-0.2, -0.15) is 0 Å². The lowest BCUT2D eigenvalue weighted by atomic mass is 10.1. The summed E-state index contributed by atoms with van der Waals surface area (Å²) in [6.07, 6.45) is 3.44. The van der Waals surface area contributed by atoms with Crippen molar-refractivity contribution in [2.45, 2.75) is 20.8 Å². The van der Waals surface area contributed by atoms with Crippen LogP contribution >= 0.6 is 0 Å². The van der Waals surface area contributed by atoms with Gasteiger partial charge in [0.05, 0.1) is 0 Å². The van der Waals surface area contributed by atoms with E-state index >= 15 is 0 Å². The van der Waals surface area contributed by atoms with Crippen LogP contribution in [0.3, 0.4) is 0 Å². The minimum Gasteiger partial charge on any atom is -0.295 e. The van der Waals surface area contributed by atoms with Gasteiger partial charge in [0.25, 0.3) is 0 Å². The third-order valence-corrected chi connectivity index (χ3v) is 1.75. The normalized spacial score (nSPS) is 10.7. The summed E-state index contributed by atoms with van der Waals surface area (Å²) in [5, 5.41) is 0. The predicted octanol–water partition coefficient (Wildman–Crippen LogP) is 2.91. The van der Waals surface area contributed by atoms with Crippen molar-refractivity contribution in [3.8, 4) is 0 Å². The molecule has 0 aliphatic heterocycles. The molecule has 1 nitrogen and oxygen atoms in total. The fourth-order valence-corrected chi connectivity index (χ4v) is 1.32. The Morgan fingerprint density at radius 3 is 2.15 bits per heavy atom. The van der Waals surface area contributed by atoms with Crippen molar-refractivity contribution in [1.29, 1.82) is 0 Å². The maximum absolute atomic E-state index is 10.7. The molecule has 0 unspecified atom stereocenters. The molecule has 0 heterocycles. The van der Waals surface area contributed by atoms with Gasteiger partial charge in [0.1, 0.15) is 0 Å². The van der Waals surface area contributed by atoms with Crippen LogP contribution in [0.4, 0.5) is 0 Å². The van der Waals surface area contributed by atoms with E-state index in [9.17, 15) is 4.79 Å². The second kappa shape index (κ2) is 4.04. The van der Waals surface area contributed by atoms with Crippen molar-refractivity contribution in [3.63, 3.8) is 0 Å². The first-order valence-corrected chi connectivity index (χ1v) is 4.35. The molecule has 0 atom stereocenters. The molecule has 0 fully saturated rings. The maximum atomic E-state index is 10.7. The van der Waals surface area contributed by atoms with Crippen molar-refractivity contribution in [2.24, 2.45) is 0 Å². The third-order valence-electron chi connectivity index (χ3n) is 1.75. The summed E-state index contributed by atoms with van der Waals surface area (Å²) in [6.45, 7) is 5.66. The number of carbonyl (C=O) groups excluding carboxylic acids is 1. The number of hydrogen-bond donors (Lipinski definition) is 0. The van der Waals surface area contributed by atoms with Gasteiger partial charge in [-0.15, -0.1) is 0 Å². The van der Waals surface area contributed by atoms with Crippen LogP contribution in [0.1, 0.15) is 23.6 Å². The molecule has 0 aliphatic carbocycles. The molecule has 0 bridgehead atoms. The second-order valence-corrected chi connectivity index (χ2v) is 3.37. The van der Waals surface area contributed by atoms with Crippen molar-refractivity contribution in [1.82, 2.24) is 0 Å². The SMILES string of the molecule is CC(=O)C=Cc1cc(C)cc(C)c1. The number of ketones is 1. The monoisotopic (exact) mass is 174 g/mol. The van der Waals surface area contributed by atoms with E-state index in [-0.39, 0.29) is 5.78 Å². The van der Waals surface area contributed by atoms with Crippen molar-refractivity contribution >= 4 is 11.9 Å². The van der Waals surface area contributed by atoms with Crippen LogP contribution in [0.25, 0.3) is 6.08 Å². The Morgan fingerprint density at radius 1 is 1.15 bits per heavy atom. The van der Waals surface area contributed by atoms with E-state index in [0.29, 0.717) is 0 Å². The van der Waals surface area contributed by atoms with E-state index in [1.165, 1.54) is 11.1 Å². The van der Waals surface area contributed by atoms with Gasteiger partial charge in [0.2, 0.25) is 0 Å². The molecule has 0 radical (unpaired) electrons. The highest BCUT2D eigenvalue weighted by Crippen LogP contribution is 2.10. The molecular weight excluding hydrogens is 160 g/mol. The van der Waals surface area contributed by atoms with Crippen LogP contribution in [-0.4, -0.2) is 5.78 Å². The van der Waals surface area contributed by atoms with Crippen LogP contribution in [0.2, 0.25) is 0 Å². The van der Waals surface area contributed by atoms with Crippen molar-refractivity contribution in [3.05, 3.63) is 41.0 Å². The summed E-state index contributed by atoms with van der Waals surface area (Å²) < 4.78 is 0. The van der Waals surface area contributed by atoms with Gasteiger partial charge < -0.3 is 0 Å². The Hall–Kier alpha value is -1.37. The molecule has 0 aromatic heterocycles. The molecule has 68 valence electrons. The Balaban J connectivity index is 2.95. The maximum Gasteiger partial charge on any atom is 0.152 e. The standard InChI is InChI=1S/C12H14O/c1-9-6-10(2)8-12(7-9)5-4-11(3)13/h4-8H,1-3H3. The minimum atomic E-state index is 0.0826. The first kappa shape index (κ1) is 9.72. The number of benzene rings is 1. The molecule has 0 saturated carbocycles. The van der Waals surface area contributed by atoms with Crippen LogP contribution in [0.15, 0.2) is 24.3 Å². The van der Waals surface area contributed by atoms with Gasteiger partial charge in [-0.1, -0.05) is 35.4 Å². The molecule has 0 aliphatic rings. The predicted molar refractivity (Wildman–Crippen MR) is 55.6 cm³/mol. The molecule has 0 saturated heterocycles. The summed E-state index contributed by atoms with van der Waals surface area (Å²) in [5.41, 5.74) is 3.54. The lowest BCUT2D eigenvalue weighted by Crippen LogP contribution is -1.83. The first-order valence-electron chi connectivity index (χ1n) is 4.35. The fraction of sp³-hybridized carbons (Fsp3) is 0.250. The fourth-order valence-electron chi connectivity index (χ4n) is 1.32. The lowest BCUT2D eigenvalue weighted by Gasteiger charge is -1.98. The van der Waals surface area contributed by atoms with Gasteiger partial charge in [-0.3, -0.25) is 4.79 Å². The highest BCUT2D eigenvalue weighted by atomic mass is 16.1. The molecule has 1 aromatic rings. The third kappa shape index (κ3) is 3.24. The number of hydrogen-bond acceptors (Lipinski definition) is 1. The minimum absolute atomic E-state index is 0.0826. The summed E-state index contributed by atoms with van der Waals surface area (Å²) in [4.78, 5) is 10.7. The Morgan fingerprint density at radius 2 is 1.69 bits per heavy atom. The molecule has 0 amide bonds. The molecule has 13 heavy (non-hydrogen) atoms. The topological polar surface area (TPSA) is 17.1 Å². The zero-order chi connectivity index (χ0) is 9.84. The largest absolute Gasteiger partial charge is 0.295 e. The molecule has 0 N–H and O–H groups in total. The zero-order valence-corrected chi connectivity index (χ0v) is 8.29. The van der Waals surface area contributed by atoms with Gasteiger partial charge in [0.15, 0.2) is 5.78 Å². The van der Waals surface area contributed by atoms with E-state index in [2.05, 4.69) is 32.0 Å². The molecule has 0 spiro atoms. The smallest absolute Gasteiger partial charge is 0.152 e. The number of carbonyl (C=O) groups is 1.